The number of likely N-dealkylation sites (tertiary alicyclic amines) is 1. The first-order valence-electron chi connectivity index (χ1n) is 5.99. The molecule has 0 saturated carbocycles. The molecule has 2 unspecified atom stereocenters. The minimum absolute atomic E-state index is 0.0970. The summed E-state index contributed by atoms with van der Waals surface area (Å²) in [4.78, 5) is 47.8. The van der Waals surface area contributed by atoms with Gasteiger partial charge in [-0.25, -0.2) is 4.79 Å². The van der Waals surface area contributed by atoms with Gasteiger partial charge in [-0.2, -0.15) is 0 Å². The van der Waals surface area contributed by atoms with E-state index in [9.17, 15) is 19.2 Å². The van der Waals surface area contributed by atoms with Gasteiger partial charge in [-0.05, 0) is 5.92 Å². The van der Waals surface area contributed by atoms with Gasteiger partial charge in [-0.1, -0.05) is 6.92 Å². The minimum Gasteiger partial charge on any atom is -0.481 e. The second-order valence-corrected chi connectivity index (χ2v) is 4.86. The van der Waals surface area contributed by atoms with Crippen molar-refractivity contribution in [2.45, 2.75) is 6.92 Å². The summed E-state index contributed by atoms with van der Waals surface area (Å²) in [6.07, 6.45) is 0. The van der Waals surface area contributed by atoms with Crippen molar-refractivity contribution in [1.82, 2.24) is 15.1 Å². The fourth-order valence-corrected chi connectivity index (χ4v) is 2.34. The van der Waals surface area contributed by atoms with Gasteiger partial charge in [0, 0.05) is 13.1 Å². The zero-order chi connectivity index (χ0) is 14.2. The van der Waals surface area contributed by atoms with Gasteiger partial charge in [0.15, 0.2) is 0 Å². The Morgan fingerprint density at radius 2 is 2.05 bits per heavy atom. The Morgan fingerprint density at radius 1 is 1.37 bits per heavy atom. The third-order valence-electron chi connectivity index (χ3n) is 3.51. The molecule has 2 heterocycles. The fraction of sp³-hybridized carbons (Fsp3) is 0.636. The largest absolute Gasteiger partial charge is 0.481 e. The molecule has 2 rings (SSSR count). The number of carbonyl (C=O) groups excluding carboxylic acids is 3. The summed E-state index contributed by atoms with van der Waals surface area (Å²) in [5.41, 5.74) is 0. The van der Waals surface area contributed by atoms with Crippen molar-refractivity contribution in [3.8, 4) is 0 Å². The Balaban J connectivity index is 1.96. The lowest BCUT2D eigenvalue weighted by atomic mass is 9.99. The molecule has 2 atom stereocenters. The number of rotatable bonds is 3. The molecular weight excluding hydrogens is 254 g/mol. The van der Waals surface area contributed by atoms with Gasteiger partial charge in [0.25, 0.3) is 5.91 Å². The molecule has 0 radical (unpaired) electrons. The van der Waals surface area contributed by atoms with E-state index in [1.54, 1.807) is 6.92 Å². The summed E-state index contributed by atoms with van der Waals surface area (Å²) >= 11 is 0. The van der Waals surface area contributed by atoms with Crippen LogP contribution in [0, 0.1) is 11.8 Å². The van der Waals surface area contributed by atoms with Crippen LogP contribution in [0.25, 0.3) is 0 Å². The number of carbonyl (C=O) groups is 4. The quantitative estimate of drug-likeness (QED) is 0.620. The topological polar surface area (TPSA) is 107 Å². The summed E-state index contributed by atoms with van der Waals surface area (Å²) in [6.45, 7) is 1.79. The second kappa shape index (κ2) is 4.87. The normalized spacial score (nSPS) is 26.8. The summed E-state index contributed by atoms with van der Waals surface area (Å²) in [5, 5.41) is 11.3. The summed E-state index contributed by atoms with van der Waals surface area (Å²) in [7, 11) is 0. The maximum absolute atomic E-state index is 12.0. The highest BCUT2D eigenvalue weighted by Gasteiger charge is 2.39. The second-order valence-electron chi connectivity index (χ2n) is 4.86. The van der Waals surface area contributed by atoms with Crippen LogP contribution in [0.4, 0.5) is 4.79 Å². The van der Waals surface area contributed by atoms with Crippen molar-refractivity contribution >= 4 is 23.8 Å². The Hall–Kier alpha value is -2.12. The summed E-state index contributed by atoms with van der Waals surface area (Å²) < 4.78 is 0. The molecule has 8 heteroatoms. The van der Waals surface area contributed by atoms with Crippen LogP contribution in [0.15, 0.2) is 0 Å². The van der Waals surface area contributed by atoms with Gasteiger partial charge >= 0.3 is 12.0 Å². The number of hydrogen-bond donors (Lipinski definition) is 2. The number of nitrogens with zero attached hydrogens (tertiary/aromatic N) is 2. The molecule has 2 aliphatic rings. The lowest BCUT2D eigenvalue weighted by Gasteiger charge is -2.19. The Bertz CT molecular complexity index is 434. The smallest absolute Gasteiger partial charge is 0.325 e. The van der Waals surface area contributed by atoms with Gasteiger partial charge in [0.2, 0.25) is 5.91 Å². The molecule has 0 spiro atoms. The number of hydrogen-bond acceptors (Lipinski definition) is 4. The Kier molecular flexibility index (Phi) is 3.41. The van der Waals surface area contributed by atoms with Crippen LogP contribution in [0.2, 0.25) is 0 Å². The average molecular weight is 269 g/mol. The van der Waals surface area contributed by atoms with E-state index in [0.29, 0.717) is 6.54 Å². The molecule has 8 nitrogen and oxygen atoms in total. The monoisotopic (exact) mass is 269 g/mol. The van der Waals surface area contributed by atoms with Crippen LogP contribution in [-0.4, -0.2) is 64.9 Å². The van der Waals surface area contributed by atoms with E-state index in [1.165, 1.54) is 4.90 Å². The van der Waals surface area contributed by atoms with Crippen LogP contribution in [0.5, 0.6) is 0 Å². The van der Waals surface area contributed by atoms with E-state index in [-0.39, 0.29) is 25.6 Å². The Labute approximate surface area is 109 Å². The van der Waals surface area contributed by atoms with Gasteiger partial charge in [0.05, 0.1) is 12.5 Å². The molecular formula is C11H15N3O5. The standard InChI is InChI=1S/C11H15N3O5/c1-6-3-13(4-7(6)10(17)18)9(16)5-14-8(15)2-12-11(14)19/h6-7H,2-5H2,1H3,(H,12,19)(H,17,18). The zero-order valence-corrected chi connectivity index (χ0v) is 10.5. The van der Waals surface area contributed by atoms with E-state index < -0.39 is 29.7 Å². The van der Waals surface area contributed by atoms with Crippen molar-refractivity contribution in [3.05, 3.63) is 0 Å². The maximum Gasteiger partial charge on any atom is 0.325 e. The van der Waals surface area contributed by atoms with Gasteiger partial charge in [-0.3, -0.25) is 19.3 Å². The van der Waals surface area contributed by atoms with E-state index >= 15 is 0 Å². The van der Waals surface area contributed by atoms with Crippen LogP contribution in [0.1, 0.15) is 6.92 Å². The van der Waals surface area contributed by atoms with Gasteiger partial charge in [0.1, 0.15) is 6.54 Å². The van der Waals surface area contributed by atoms with E-state index in [4.69, 9.17) is 5.11 Å². The van der Waals surface area contributed by atoms with E-state index in [1.807, 2.05) is 0 Å². The van der Waals surface area contributed by atoms with Crippen molar-refractivity contribution in [3.63, 3.8) is 0 Å². The maximum atomic E-state index is 12.0. The molecule has 2 N–H and O–H groups in total. The minimum atomic E-state index is -0.933. The summed E-state index contributed by atoms with van der Waals surface area (Å²) in [5.74, 6) is -2.50. The molecule has 0 bridgehead atoms. The van der Waals surface area contributed by atoms with Crippen LogP contribution < -0.4 is 5.32 Å². The highest BCUT2D eigenvalue weighted by molar-refractivity contribution is 6.04. The fourth-order valence-electron chi connectivity index (χ4n) is 2.34. The number of nitrogens with one attached hydrogen (secondary N) is 1. The predicted molar refractivity (Wildman–Crippen MR) is 62.0 cm³/mol. The molecule has 0 aromatic rings. The molecule has 0 aromatic heterocycles. The average Bonchev–Trinajstić information content (AvgIpc) is 2.86. The van der Waals surface area contributed by atoms with Gasteiger partial charge < -0.3 is 15.3 Å². The lowest BCUT2D eigenvalue weighted by molar-refractivity contribution is -0.142. The molecule has 2 aliphatic heterocycles. The number of urea groups is 1. The molecule has 2 saturated heterocycles. The molecule has 0 aromatic carbocycles. The molecule has 19 heavy (non-hydrogen) atoms. The first-order chi connectivity index (χ1) is 8.90. The number of amides is 4. The first-order valence-corrected chi connectivity index (χ1v) is 5.99. The first kappa shape index (κ1) is 13.3. The van der Waals surface area contributed by atoms with Crippen molar-refractivity contribution in [2.24, 2.45) is 11.8 Å². The third kappa shape index (κ3) is 2.51. The molecule has 2 fully saturated rings. The number of aliphatic carboxylic acids is 1. The molecule has 0 aliphatic carbocycles. The number of carboxylic acids is 1. The Morgan fingerprint density at radius 3 is 2.53 bits per heavy atom. The predicted octanol–water partition coefficient (Wildman–Crippen LogP) is -1.28. The molecule has 4 amide bonds. The van der Waals surface area contributed by atoms with Crippen LogP contribution >= 0.6 is 0 Å². The van der Waals surface area contributed by atoms with E-state index in [2.05, 4.69) is 5.32 Å². The van der Waals surface area contributed by atoms with E-state index in [0.717, 1.165) is 4.90 Å². The highest BCUT2D eigenvalue weighted by Crippen LogP contribution is 2.23. The van der Waals surface area contributed by atoms with Crippen LogP contribution in [0.3, 0.4) is 0 Å². The van der Waals surface area contributed by atoms with Crippen molar-refractivity contribution in [2.75, 3.05) is 26.2 Å². The van der Waals surface area contributed by atoms with Crippen LogP contribution in [-0.2, 0) is 14.4 Å². The highest BCUT2D eigenvalue weighted by atomic mass is 16.4. The number of carboxylic acid groups (broad SMARTS) is 1. The molecule has 104 valence electrons. The SMILES string of the molecule is CC1CN(C(=O)CN2C(=O)CNC2=O)CC1C(=O)O. The third-order valence-corrected chi connectivity index (χ3v) is 3.51. The summed E-state index contributed by atoms with van der Waals surface area (Å²) in [6, 6.07) is -0.583. The van der Waals surface area contributed by atoms with Crippen molar-refractivity contribution < 1.29 is 24.3 Å². The number of imide groups is 1. The zero-order valence-electron chi connectivity index (χ0n) is 10.5. The van der Waals surface area contributed by atoms with Gasteiger partial charge in [-0.15, -0.1) is 0 Å². The lowest BCUT2D eigenvalue weighted by Crippen LogP contribution is -2.42. The van der Waals surface area contributed by atoms with Crippen molar-refractivity contribution in [1.29, 1.82) is 0 Å².